The zero-order valence-electron chi connectivity index (χ0n) is 9.43. The molecule has 0 saturated carbocycles. The summed E-state index contributed by atoms with van der Waals surface area (Å²) in [5, 5.41) is 38.1. The molecule has 4 heteroatoms. The van der Waals surface area contributed by atoms with Crippen LogP contribution in [0.5, 0.6) is 11.5 Å². The molecule has 1 aliphatic rings. The molecule has 1 aliphatic carbocycles. The maximum absolute atomic E-state index is 10.00. The van der Waals surface area contributed by atoms with E-state index in [-0.39, 0.29) is 18.1 Å². The average Bonchev–Trinajstić information content (AvgIpc) is 2.29. The van der Waals surface area contributed by atoms with E-state index in [4.69, 9.17) is 5.11 Å². The third kappa shape index (κ3) is 2.43. The number of phenols is 2. The van der Waals surface area contributed by atoms with Crippen molar-refractivity contribution in [2.24, 2.45) is 0 Å². The Hall–Kier alpha value is -1.52. The first-order valence-electron chi connectivity index (χ1n) is 5.61. The summed E-state index contributed by atoms with van der Waals surface area (Å²) in [6.45, 7) is -0.324. The van der Waals surface area contributed by atoms with Gasteiger partial charge in [0.1, 0.15) is 17.1 Å². The fourth-order valence-electron chi connectivity index (χ4n) is 2.18. The highest BCUT2D eigenvalue weighted by Gasteiger charge is 2.28. The molecule has 0 aromatic heterocycles. The van der Waals surface area contributed by atoms with Crippen molar-refractivity contribution in [3.63, 3.8) is 0 Å². The highest BCUT2D eigenvalue weighted by Crippen LogP contribution is 2.37. The molecule has 0 radical (unpaired) electrons. The molecule has 0 bridgehead atoms. The zero-order chi connectivity index (χ0) is 12.5. The number of rotatable bonds is 2. The van der Waals surface area contributed by atoms with E-state index in [9.17, 15) is 15.3 Å². The van der Waals surface area contributed by atoms with Gasteiger partial charge in [0, 0.05) is 11.6 Å². The van der Waals surface area contributed by atoms with Crippen molar-refractivity contribution in [3.8, 4) is 11.5 Å². The number of allylic oxidation sites excluding steroid dienone is 1. The smallest absolute Gasteiger partial charge is 0.126 e. The quantitative estimate of drug-likeness (QED) is 0.625. The van der Waals surface area contributed by atoms with Gasteiger partial charge in [-0.05, 0) is 43.0 Å². The van der Waals surface area contributed by atoms with Gasteiger partial charge < -0.3 is 20.4 Å². The van der Waals surface area contributed by atoms with Crippen LogP contribution >= 0.6 is 0 Å². The van der Waals surface area contributed by atoms with Gasteiger partial charge in [0.05, 0.1) is 6.61 Å². The minimum Gasteiger partial charge on any atom is -0.508 e. The molecule has 0 amide bonds. The van der Waals surface area contributed by atoms with Crippen LogP contribution < -0.4 is 0 Å². The van der Waals surface area contributed by atoms with Gasteiger partial charge in [0.15, 0.2) is 0 Å². The highest BCUT2D eigenvalue weighted by atomic mass is 16.3. The van der Waals surface area contributed by atoms with E-state index in [0.29, 0.717) is 12.0 Å². The van der Waals surface area contributed by atoms with Crippen molar-refractivity contribution in [1.29, 1.82) is 0 Å². The van der Waals surface area contributed by atoms with Gasteiger partial charge in [-0.1, -0.05) is 0 Å². The molecule has 1 aromatic rings. The minimum absolute atomic E-state index is 0.0000735. The molecule has 1 atom stereocenters. The van der Waals surface area contributed by atoms with Crippen molar-refractivity contribution in [1.82, 2.24) is 0 Å². The Bertz CT molecular complexity index is 453. The van der Waals surface area contributed by atoms with E-state index >= 15 is 0 Å². The Balaban J connectivity index is 2.39. The zero-order valence-corrected chi connectivity index (χ0v) is 9.43. The highest BCUT2D eigenvalue weighted by molar-refractivity contribution is 5.72. The molecule has 17 heavy (non-hydrogen) atoms. The third-order valence-corrected chi connectivity index (χ3v) is 3.10. The molecule has 1 unspecified atom stereocenters. The first kappa shape index (κ1) is 12.0. The summed E-state index contributed by atoms with van der Waals surface area (Å²) in [5.41, 5.74) is 0.192. The number of aliphatic hydroxyl groups is 2. The van der Waals surface area contributed by atoms with Gasteiger partial charge in [0.25, 0.3) is 0 Å². The van der Waals surface area contributed by atoms with Crippen molar-refractivity contribution in [2.45, 2.75) is 24.9 Å². The fraction of sp³-hybridized carbons (Fsp3) is 0.385. The van der Waals surface area contributed by atoms with Crippen LogP contribution in [0.2, 0.25) is 0 Å². The van der Waals surface area contributed by atoms with Crippen LogP contribution in [-0.4, -0.2) is 32.6 Å². The lowest BCUT2D eigenvalue weighted by atomic mass is 9.84. The van der Waals surface area contributed by atoms with Crippen molar-refractivity contribution in [3.05, 3.63) is 29.8 Å². The van der Waals surface area contributed by atoms with E-state index < -0.39 is 5.60 Å². The Morgan fingerprint density at radius 3 is 2.65 bits per heavy atom. The number of phenolic OH excluding ortho intramolecular Hbond substituents is 2. The summed E-state index contributed by atoms with van der Waals surface area (Å²) < 4.78 is 0. The van der Waals surface area contributed by atoms with Crippen LogP contribution in [-0.2, 0) is 0 Å². The molecule has 0 saturated heterocycles. The predicted octanol–water partition coefficient (Wildman–Crippen LogP) is 1.39. The first-order chi connectivity index (χ1) is 8.04. The second-order valence-corrected chi connectivity index (χ2v) is 4.49. The Kier molecular flexibility index (Phi) is 3.09. The molecule has 0 aliphatic heterocycles. The SMILES string of the molecule is OCC1(O)C=C(c2ccc(O)cc2O)CCC1. The van der Waals surface area contributed by atoms with Crippen LogP contribution in [0.3, 0.4) is 0 Å². The molecule has 4 N–H and O–H groups in total. The molecular formula is C13H16O4. The van der Waals surface area contributed by atoms with Crippen LogP contribution in [0, 0.1) is 0 Å². The molecule has 0 heterocycles. The Labute approximate surface area is 99.5 Å². The second kappa shape index (κ2) is 4.39. The van der Waals surface area contributed by atoms with Gasteiger partial charge >= 0.3 is 0 Å². The number of hydrogen-bond donors (Lipinski definition) is 4. The molecule has 0 spiro atoms. The van der Waals surface area contributed by atoms with Gasteiger partial charge in [-0.2, -0.15) is 0 Å². The average molecular weight is 236 g/mol. The van der Waals surface area contributed by atoms with E-state index in [1.54, 1.807) is 12.1 Å². The predicted molar refractivity (Wildman–Crippen MR) is 63.6 cm³/mol. The number of hydrogen-bond acceptors (Lipinski definition) is 4. The summed E-state index contributed by atoms with van der Waals surface area (Å²) >= 11 is 0. The largest absolute Gasteiger partial charge is 0.508 e. The normalized spacial score (nSPS) is 24.5. The number of benzene rings is 1. The third-order valence-electron chi connectivity index (χ3n) is 3.10. The lowest BCUT2D eigenvalue weighted by Gasteiger charge is -2.28. The molecule has 0 fully saturated rings. The second-order valence-electron chi connectivity index (χ2n) is 4.49. The Morgan fingerprint density at radius 1 is 1.24 bits per heavy atom. The summed E-state index contributed by atoms with van der Waals surface area (Å²) in [6.07, 6.45) is 3.61. The van der Waals surface area contributed by atoms with Crippen molar-refractivity contribution < 1.29 is 20.4 Å². The lowest BCUT2D eigenvalue weighted by Crippen LogP contribution is -2.32. The molecular weight excluding hydrogens is 220 g/mol. The van der Waals surface area contributed by atoms with Crippen LogP contribution in [0.4, 0.5) is 0 Å². The van der Waals surface area contributed by atoms with Crippen molar-refractivity contribution >= 4 is 5.57 Å². The van der Waals surface area contributed by atoms with Gasteiger partial charge in [-0.15, -0.1) is 0 Å². The summed E-state index contributed by atoms with van der Waals surface area (Å²) in [4.78, 5) is 0. The molecule has 1 aromatic carbocycles. The number of aliphatic hydroxyl groups excluding tert-OH is 1. The summed E-state index contributed by atoms with van der Waals surface area (Å²) in [6, 6.07) is 4.37. The Morgan fingerprint density at radius 2 is 2.00 bits per heavy atom. The monoisotopic (exact) mass is 236 g/mol. The molecule has 4 nitrogen and oxygen atoms in total. The molecule has 2 rings (SSSR count). The summed E-state index contributed by atoms with van der Waals surface area (Å²) in [5.74, 6) is -0.0153. The van der Waals surface area contributed by atoms with Crippen molar-refractivity contribution in [2.75, 3.05) is 6.61 Å². The van der Waals surface area contributed by atoms with E-state index in [0.717, 1.165) is 18.4 Å². The minimum atomic E-state index is -1.20. The van der Waals surface area contributed by atoms with Gasteiger partial charge in [-0.3, -0.25) is 0 Å². The molecule has 92 valence electrons. The topological polar surface area (TPSA) is 80.9 Å². The van der Waals surface area contributed by atoms with Crippen LogP contribution in [0.1, 0.15) is 24.8 Å². The standard InChI is InChI=1S/C13H16O4/c14-8-13(17)5-1-2-9(7-13)11-4-3-10(15)6-12(11)16/h3-4,6-7,14-17H,1-2,5,8H2. The van der Waals surface area contributed by atoms with Gasteiger partial charge in [0.2, 0.25) is 0 Å². The summed E-state index contributed by atoms with van der Waals surface area (Å²) in [7, 11) is 0. The van der Waals surface area contributed by atoms with Gasteiger partial charge in [-0.25, -0.2) is 0 Å². The van der Waals surface area contributed by atoms with E-state index in [2.05, 4.69) is 0 Å². The number of aromatic hydroxyl groups is 2. The maximum Gasteiger partial charge on any atom is 0.126 e. The lowest BCUT2D eigenvalue weighted by molar-refractivity contribution is 0.0166. The van der Waals surface area contributed by atoms with Crippen LogP contribution in [0.15, 0.2) is 24.3 Å². The maximum atomic E-state index is 10.00. The van der Waals surface area contributed by atoms with E-state index in [1.807, 2.05) is 0 Å². The van der Waals surface area contributed by atoms with E-state index in [1.165, 1.54) is 12.1 Å². The van der Waals surface area contributed by atoms with Crippen LogP contribution in [0.25, 0.3) is 5.57 Å². The fourth-order valence-corrected chi connectivity index (χ4v) is 2.18. The first-order valence-corrected chi connectivity index (χ1v) is 5.61.